The molecule has 0 saturated heterocycles. The lowest BCUT2D eigenvalue weighted by Crippen LogP contribution is -2.23. The van der Waals surface area contributed by atoms with Crippen molar-refractivity contribution in [3.05, 3.63) is 59.0 Å². The average Bonchev–Trinajstić information content (AvgIpc) is 2.89. The molecule has 0 aliphatic carbocycles. The maximum absolute atomic E-state index is 6.18. The summed E-state index contributed by atoms with van der Waals surface area (Å²) in [4.78, 5) is 2.24. The van der Waals surface area contributed by atoms with Gasteiger partial charge in [-0.3, -0.25) is 0 Å². The van der Waals surface area contributed by atoms with Crippen LogP contribution in [0.2, 0.25) is 5.02 Å². The Morgan fingerprint density at radius 1 is 1.26 bits per heavy atom. The van der Waals surface area contributed by atoms with E-state index in [2.05, 4.69) is 11.9 Å². The van der Waals surface area contributed by atoms with E-state index in [0.717, 1.165) is 30.1 Å². The third kappa shape index (κ3) is 4.39. The quantitative estimate of drug-likeness (QED) is 0.880. The highest BCUT2D eigenvalue weighted by Gasteiger charge is 2.08. The van der Waals surface area contributed by atoms with E-state index in [1.54, 1.807) is 12.5 Å². The van der Waals surface area contributed by atoms with Crippen LogP contribution in [0.15, 0.2) is 47.3 Å². The molecule has 2 rings (SSSR count). The molecule has 1 atom stereocenters. The molecular weight excluding hydrogens is 260 g/mol. The van der Waals surface area contributed by atoms with E-state index in [4.69, 9.17) is 21.8 Å². The topological polar surface area (TPSA) is 42.4 Å². The molecule has 1 heterocycles. The largest absolute Gasteiger partial charge is 0.472 e. The minimum absolute atomic E-state index is 0.0454. The predicted molar refractivity (Wildman–Crippen MR) is 78.0 cm³/mol. The van der Waals surface area contributed by atoms with E-state index < -0.39 is 0 Å². The maximum atomic E-state index is 6.18. The van der Waals surface area contributed by atoms with Gasteiger partial charge in [0.2, 0.25) is 0 Å². The summed E-state index contributed by atoms with van der Waals surface area (Å²) >= 11 is 5.87. The maximum Gasteiger partial charge on any atom is 0.0947 e. The zero-order chi connectivity index (χ0) is 13.7. The van der Waals surface area contributed by atoms with Crippen LogP contribution in [0, 0.1) is 0 Å². The highest BCUT2D eigenvalue weighted by molar-refractivity contribution is 6.30. The minimum Gasteiger partial charge on any atom is -0.472 e. The highest BCUT2D eigenvalue weighted by atomic mass is 35.5. The van der Waals surface area contributed by atoms with Gasteiger partial charge in [-0.2, -0.15) is 0 Å². The molecule has 19 heavy (non-hydrogen) atoms. The van der Waals surface area contributed by atoms with Crippen LogP contribution in [0.3, 0.4) is 0 Å². The molecule has 0 aliphatic rings. The van der Waals surface area contributed by atoms with E-state index >= 15 is 0 Å². The third-order valence-electron chi connectivity index (χ3n) is 3.15. The molecule has 0 spiro atoms. The summed E-state index contributed by atoms with van der Waals surface area (Å²) < 4.78 is 5.06. The van der Waals surface area contributed by atoms with Crippen LogP contribution in [0.4, 0.5) is 0 Å². The van der Waals surface area contributed by atoms with Crippen molar-refractivity contribution < 1.29 is 4.42 Å². The highest BCUT2D eigenvalue weighted by Crippen LogP contribution is 2.17. The van der Waals surface area contributed by atoms with Crippen molar-refractivity contribution in [2.24, 2.45) is 5.73 Å². The van der Waals surface area contributed by atoms with Crippen LogP contribution in [-0.4, -0.2) is 18.5 Å². The number of rotatable bonds is 6. The first-order valence-corrected chi connectivity index (χ1v) is 6.73. The van der Waals surface area contributed by atoms with Crippen LogP contribution in [0.5, 0.6) is 0 Å². The lowest BCUT2D eigenvalue weighted by molar-refractivity contribution is 0.310. The summed E-state index contributed by atoms with van der Waals surface area (Å²) in [5, 5.41) is 0.744. The summed E-state index contributed by atoms with van der Waals surface area (Å²) in [7, 11) is 2.08. The third-order valence-corrected chi connectivity index (χ3v) is 3.40. The van der Waals surface area contributed by atoms with Gasteiger partial charge in [-0.1, -0.05) is 23.7 Å². The van der Waals surface area contributed by atoms with Gasteiger partial charge >= 0.3 is 0 Å². The van der Waals surface area contributed by atoms with E-state index in [1.807, 2.05) is 30.3 Å². The van der Waals surface area contributed by atoms with Crippen molar-refractivity contribution in [3.63, 3.8) is 0 Å². The molecule has 2 N–H and O–H groups in total. The first kappa shape index (κ1) is 14.1. The lowest BCUT2D eigenvalue weighted by Gasteiger charge is -2.19. The van der Waals surface area contributed by atoms with Crippen LogP contribution in [0.25, 0.3) is 0 Å². The SMILES string of the molecule is CN(CCC(N)c1ccc(Cl)cc1)Cc1ccoc1. The summed E-state index contributed by atoms with van der Waals surface area (Å²) in [5.41, 5.74) is 8.49. The minimum atomic E-state index is 0.0454. The molecule has 1 aromatic carbocycles. The van der Waals surface area contributed by atoms with E-state index in [-0.39, 0.29) is 6.04 Å². The van der Waals surface area contributed by atoms with Crippen LogP contribution in [-0.2, 0) is 6.54 Å². The van der Waals surface area contributed by atoms with Gasteiger partial charge in [0.05, 0.1) is 12.5 Å². The molecule has 1 aromatic heterocycles. The zero-order valence-electron chi connectivity index (χ0n) is 11.1. The second-order valence-electron chi connectivity index (χ2n) is 4.82. The molecule has 0 amide bonds. The molecule has 0 radical (unpaired) electrons. The average molecular weight is 279 g/mol. The van der Waals surface area contributed by atoms with Crippen LogP contribution < -0.4 is 5.73 Å². The molecule has 0 fully saturated rings. The molecule has 3 nitrogen and oxygen atoms in total. The molecule has 4 heteroatoms. The van der Waals surface area contributed by atoms with Crippen molar-refractivity contribution in [1.82, 2.24) is 4.90 Å². The van der Waals surface area contributed by atoms with Gasteiger partial charge in [-0.15, -0.1) is 0 Å². The fourth-order valence-corrected chi connectivity index (χ4v) is 2.14. The van der Waals surface area contributed by atoms with E-state index in [9.17, 15) is 0 Å². The van der Waals surface area contributed by atoms with Crippen molar-refractivity contribution >= 4 is 11.6 Å². The summed E-state index contributed by atoms with van der Waals surface area (Å²) in [6.07, 6.45) is 4.38. The monoisotopic (exact) mass is 278 g/mol. The second-order valence-corrected chi connectivity index (χ2v) is 5.25. The van der Waals surface area contributed by atoms with Gasteiger partial charge in [0, 0.05) is 23.2 Å². The van der Waals surface area contributed by atoms with Gasteiger partial charge in [0.25, 0.3) is 0 Å². The Morgan fingerprint density at radius 3 is 2.63 bits per heavy atom. The molecule has 0 saturated carbocycles. The molecule has 2 aromatic rings. The van der Waals surface area contributed by atoms with Crippen molar-refractivity contribution in [3.8, 4) is 0 Å². The van der Waals surface area contributed by atoms with Crippen molar-refractivity contribution in [1.29, 1.82) is 0 Å². The zero-order valence-corrected chi connectivity index (χ0v) is 11.8. The Balaban J connectivity index is 1.79. The van der Waals surface area contributed by atoms with Crippen LogP contribution in [0.1, 0.15) is 23.6 Å². The van der Waals surface area contributed by atoms with Gasteiger partial charge in [-0.05, 0) is 43.8 Å². The molecule has 1 unspecified atom stereocenters. The van der Waals surface area contributed by atoms with Crippen molar-refractivity contribution in [2.75, 3.05) is 13.6 Å². The lowest BCUT2D eigenvalue weighted by atomic mass is 10.0. The van der Waals surface area contributed by atoms with Crippen molar-refractivity contribution in [2.45, 2.75) is 19.0 Å². The number of nitrogens with zero attached hydrogens (tertiary/aromatic N) is 1. The fraction of sp³-hybridized carbons (Fsp3) is 0.333. The second kappa shape index (κ2) is 6.75. The molecule has 102 valence electrons. The number of nitrogens with two attached hydrogens (primary N) is 1. The summed E-state index contributed by atoms with van der Waals surface area (Å²) in [6, 6.07) is 9.77. The van der Waals surface area contributed by atoms with Gasteiger partial charge in [0.1, 0.15) is 0 Å². The number of benzene rings is 1. The Bertz CT molecular complexity index is 481. The standard InChI is InChI=1S/C15H19ClN2O/c1-18(10-12-7-9-19-11-12)8-6-15(17)13-2-4-14(16)5-3-13/h2-5,7,9,11,15H,6,8,10,17H2,1H3. The normalized spacial score (nSPS) is 12.8. The molecule has 0 aliphatic heterocycles. The fourth-order valence-electron chi connectivity index (χ4n) is 2.01. The van der Waals surface area contributed by atoms with Gasteiger partial charge < -0.3 is 15.1 Å². The Labute approximate surface area is 119 Å². The first-order chi connectivity index (χ1) is 9.15. The summed E-state index contributed by atoms with van der Waals surface area (Å²) in [5.74, 6) is 0. The Kier molecular flexibility index (Phi) is 5.02. The van der Waals surface area contributed by atoms with Gasteiger partial charge in [-0.25, -0.2) is 0 Å². The number of hydrogen-bond donors (Lipinski definition) is 1. The number of hydrogen-bond acceptors (Lipinski definition) is 3. The van der Waals surface area contributed by atoms with Crippen LogP contribution >= 0.6 is 11.6 Å². The Hall–Kier alpha value is -1.29. The number of halogens is 1. The van der Waals surface area contributed by atoms with Gasteiger partial charge in [0.15, 0.2) is 0 Å². The smallest absolute Gasteiger partial charge is 0.0947 e. The molecular formula is C15H19ClN2O. The first-order valence-electron chi connectivity index (χ1n) is 6.36. The predicted octanol–water partition coefficient (Wildman–Crippen LogP) is 3.45. The van der Waals surface area contributed by atoms with E-state index in [0.29, 0.717) is 0 Å². The Morgan fingerprint density at radius 2 is 2.00 bits per heavy atom. The van der Waals surface area contributed by atoms with E-state index in [1.165, 1.54) is 5.56 Å². The molecule has 0 bridgehead atoms. The number of furan rings is 1. The summed E-state index contributed by atoms with van der Waals surface area (Å²) in [6.45, 7) is 1.82.